The number of hydrogen-bond donors (Lipinski definition) is 1. The van der Waals surface area contributed by atoms with Gasteiger partial charge in [0.25, 0.3) is 0 Å². The fourth-order valence-electron chi connectivity index (χ4n) is 0.675. The monoisotopic (exact) mass is 261 g/mol. The maximum absolute atomic E-state index is 10.7. The van der Waals surface area contributed by atoms with E-state index in [4.69, 9.17) is 0 Å². The molecule has 3 nitrogen and oxygen atoms in total. The maximum atomic E-state index is 10.7. The van der Waals surface area contributed by atoms with Gasteiger partial charge in [0, 0.05) is 0 Å². The largest absolute Gasteiger partial charge is 0.292 e. The predicted octanol–water partition coefficient (Wildman–Crippen LogP) is 0.113. The third-order valence-electron chi connectivity index (χ3n) is 1.21. The van der Waals surface area contributed by atoms with Crippen molar-refractivity contribution in [3.63, 3.8) is 0 Å². The first kappa shape index (κ1) is 7.74. The Labute approximate surface area is 68.3 Å². The van der Waals surface area contributed by atoms with Crippen molar-refractivity contribution in [1.82, 2.24) is 5.32 Å². The molecule has 0 aromatic heterocycles. The summed E-state index contributed by atoms with van der Waals surface area (Å²) in [5, 5.41) is 2.87. The summed E-state index contributed by atoms with van der Waals surface area (Å²) in [6, 6.07) is 0. The first-order valence-electron chi connectivity index (χ1n) is 2.68. The SMILES string of the molecule is O=S1(=O)CCC(I)NC1. The molecule has 1 saturated heterocycles. The molecule has 1 rings (SSSR count). The lowest BCUT2D eigenvalue weighted by Crippen LogP contribution is -2.37. The summed E-state index contributed by atoms with van der Waals surface area (Å²) < 4.78 is 21.8. The highest BCUT2D eigenvalue weighted by molar-refractivity contribution is 14.1. The number of sulfone groups is 1. The lowest BCUT2D eigenvalue weighted by Gasteiger charge is -2.17. The Bertz CT molecular complexity index is 175. The second kappa shape index (κ2) is 2.71. The van der Waals surface area contributed by atoms with Crippen molar-refractivity contribution in [2.24, 2.45) is 0 Å². The van der Waals surface area contributed by atoms with Crippen molar-refractivity contribution in [2.75, 3.05) is 11.6 Å². The zero-order valence-electron chi connectivity index (χ0n) is 4.80. The first-order valence-corrected chi connectivity index (χ1v) is 5.75. The van der Waals surface area contributed by atoms with E-state index >= 15 is 0 Å². The lowest BCUT2D eigenvalue weighted by molar-refractivity contribution is 0.565. The van der Waals surface area contributed by atoms with Gasteiger partial charge in [-0.3, -0.25) is 5.32 Å². The van der Waals surface area contributed by atoms with E-state index in [0.717, 1.165) is 6.42 Å². The van der Waals surface area contributed by atoms with Crippen molar-refractivity contribution >= 4 is 32.4 Å². The van der Waals surface area contributed by atoms with Crippen LogP contribution in [0.1, 0.15) is 6.42 Å². The van der Waals surface area contributed by atoms with Crippen LogP contribution >= 0.6 is 22.6 Å². The predicted molar refractivity (Wildman–Crippen MR) is 44.2 cm³/mol. The Morgan fingerprint density at radius 2 is 2.22 bits per heavy atom. The van der Waals surface area contributed by atoms with E-state index < -0.39 is 9.84 Å². The molecule has 0 radical (unpaired) electrons. The van der Waals surface area contributed by atoms with Crippen LogP contribution in [0.15, 0.2) is 0 Å². The average Bonchev–Trinajstić information content (AvgIpc) is 1.78. The molecule has 1 fully saturated rings. The minimum atomic E-state index is -2.73. The van der Waals surface area contributed by atoms with Crippen LogP contribution < -0.4 is 5.32 Å². The van der Waals surface area contributed by atoms with Gasteiger partial charge in [-0.05, 0) is 6.42 Å². The van der Waals surface area contributed by atoms with Crippen molar-refractivity contribution < 1.29 is 8.42 Å². The minimum absolute atomic E-state index is 0.153. The second-order valence-electron chi connectivity index (χ2n) is 2.05. The molecule has 0 aromatic carbocycles. The topological polar surface area (TPSA) is 46.2 Å². The van der Waals surface area contributed by atoms with Crippen LogP contribution in [0.3, 0.4) is 0 Å². The average molecular weight is 261 g/mol. The third-order valence-corrected chi connectivity index (χ3v) is 3.73. The number of hydrogen-bond acceptors (Lipinski definition) is 3. The number of halogens is 1. The fourth-order valence-corrected chi connectivity index (χ4v) is 3.12. The summed E-state index contributed by atoms with van der Waals surface area (Å²) in [6.45, 7) is 0. The Morgan fingerprint density at radius 1 is 1.56 bits per heavy atom. The van der Waals surface area contributed by atoms with E-state index in [1.807, 2.05) is 0 Å². The molecular formula is C4H8INO2S. The van der Waals surface area contributed by atoms with Crippen LogP contribution in [0.4, 0.5) is 0 Å². The number of alkyl halides is 1. The van der Waals surface area contributed by atoms with Crippen molar-refractivity contribution in [3.8, 4) is 0 Å². The molecule has 0 amide bonds. The van der Waals surface area contributed by atoms with Crippen LogP contribution in [0.2, 0.25) is 0 Å². The van der Waals surface area contributed by atoms with Gasteiger partial charge in [-0.15, -0.1) is 0 Å². The second-order valence-corrected chi connectivity index (χ2v) is 5.74. The molecule has 54 valence electrons. The standard InChI is InChI=1S/C4H8INO2S/c5-4-1-2-9(7,8)3-6-4/h4,6H,1-3H2. The zero-order chi connectivity index (χ0) is 6.91. The molecule has 0 aliphatic carbocycles. The first-order chi connectivity index (χ1) is 4.10. The summed E-state index contributed by atoms with van der Waals surface area (Å²) in [4.78, 5) is 0. The normalized spacial score (nSPS) is 34.1. The quantitative estimate of drug-likeness (QED) is 0.382. The highest BCUT2D eigenvalue weighted by atomic mass is 127. The third kappa shape index (κ3) is 2.38. The maximum Gasteiger partial charge on any atom is 0.163 e. The molecule has 0 aromatic rings. The van der Waals surface area contributed by atoms with E-state index in [2.05, 4.69) is 27.9 Å². The van der Waals surface area contributed by atoms with Gasteiger partial charge in [0.15, 0.2) is 9.84 Å². The van der Waals surface area contributed by atoms with Crippen LogP contribution in [0.5, 0.6) is 0 Å². The van der Waals surface area contributed by atoms with Crippen molar-refractivity contribution in [2.45, 2.75) is 10.5 Å². The molecule has 1 heterocycles. The molecule has 0 bridgehead atoms. The van der Waals surface area contributed by atoms with Crippen LogP contribution in [-0.4, -0.2) is 24.1 Å². The van der Waals surface area contributed by atoms with Gasteiger partial charge < -0.3 is 0 Å². The number of nitrogens with one attached hydrogen (secondary N) is 1. The van der Waals surface area contributed by atoms with Crippen molar-refractivity contribution in [1.29, 1.82) is 0 Å². The van der Waals surface area contributed by atoms with Crippen LogP contribution in [-0.2, 0) is 9.84 Å². The number of rotatable bonds is 0. The summed E-state index contributed by atoms with van der Waals surface area (Å²) >= 11 is 2.20. The lowest BCUT2D eigenvalue weighted by atomic mass is 10.5. The fraction of sp³-hybridized carbons (Fsp3) is 1.00. The highest BCUT2D eigenvalue weighted by Crippen LogP contribution is 2.09. The molecule has 1 N–H and O–H groups in total. The molecule has 9 heavy (non-hydrogen) atoms. The Kier molecular flexibility index (Phi) is 2.33. The van der Waals surface area contributed by atoms with E-state index in [0.29, 0.717) is 9.80 Å². The van der Waals surface area contributed by atoms with E-state index in [1.54, 1.807) is 0 Å². The summed E-state index contributed by atoms with van der Waals surface area (Å²) in [5.41, 5.74) is 0. The molecule has 1 unspecified atom stereocenters. The molecule has 0 saturated carbocycles. The van der Waals surface area contributed by atoms with E-state index in [1.165, 1.54) is 0 Å². The van der Waals surface area contributed by atoms with Crippen molar-refractivity contribution in [3.05, 3.63) is 0 Å². The summed E-state index contributed by atoms with van der Waals surface area (Å²) in [6.07, 6.45) is 0.739. The van der Waals surface area contributed by atoms with Gasteiger partial charge in [-0.2, -0.15) is 0 Å². The molecule has 0 spiro atoms. The Morgan fingerprint density at radius 3 is 2.56 bits per heavy atom. The van der Waals surface area contributed by atoms with Gasteiger partial charge >= 0.3 is 0 Å². The molecule has 5 heteroatoms. The van der Waals surface area contributed by atoms with Gasteiger partial charge in [0.2, 0.25) is 0 Å². The summed E-state index contributed by atoms with van der Waals surface area (Å²) in [5.74, 6) is 0.494. The highest BCUT2D eigenvalue weighted by Gasteiger charge is 2.19. The van der Waals surface area contributed by atoms with E-state index in [-0.39, 0.29) is 5.88 Å². The van der Waals surface area contributed by atoms with Crippen LogP contribution in [0, 0.1) is 0 Å². The molecule has 1 aliphatic heterocycles. The van der Waals surface area contributed by atoms with Gasteiger partial charge in [0.1, 0.15) is 0 Å². The van der Waals surface area contributed by atoms with Gasteiger partial charge in [0.05, 0.1) is 15.7 Å². The van der Waals surface area contributed by atoms with E-state index in [9.17, 15) is 8.42 Å². The van der Waals surface area contributed by atoms with Gasteiger partial charge in [-0.1, -0.05) is 22.6 Å². The molecular weight excluding hydrogens is 253 g/mol. The zero-order valence-corrected chi connectivity index (χ0v) is 7.78. The Balaban J connectivity index is 2.55. The van der Waals surface area contributed by atoms with Crippen LogP contribution in [0.25, 0.3) is 0 Å². The Hall–Kier alpha value is 0.640. The minimum Gasteiger partial charge on any atom is -0.292 e. The molecule has 1 atom stereocenters. The molecule has 1 aliphatic rings. The summed E-state index contributed by atoms with van der Waals surface area (Å²) in [7, 11) is -2.73. The smallest absolute Gasteiger partial charge is 0.163 e. The van der Waals surface area contributed by atoms with Gasteiger partial charge in [-0.25, -0.2) is 8.42 Å².